The Morgan fingerprint density at radius 2 is 1.49 bits per heavy atom. The monoisotopic (exact) mass is 604 g/mol. The third-order valence-corrected chi connectivity index (χ3v) is 6.22. The van der Waals surface area contributed by atoms with E-state index in [2.05, 4.69) is 15.5 Å². The fraction of sp³-hybridized carbons (Fsp3) is 0.500. The van der Waals surface area contributed by atoms with E-state index in [1.807, 2.05) is 13.8 Å². The van der Waals surface area contributed by atoms with Crippen LogP contribution in [0.2, 0.25) is 0 Å². The van der Waals surface area contributed by atoms with E-state index in [-0.39, 0.29) is 11.8 Å². The van der Waals surface area contributed by atoms with Crippen molar-refractivity contribution in [1.82, 2.24) is 10.2 Å². The van der Waals surface area contributed by atoms with Crippen molar-refractivity contribution in [3.05, 3.63) is 41.1 Å². The molecule has 1 aromatic heterocycles. The lowest BCUT2D eigenvalue weighted by Gasteiger charge is -2.43. The summed E-state index contributed by atoms with van der Waals surface area (Å²) in [6.45, 7) is 8.10. The molecule has 0 bridgehead atoms. The number of hydrogen-bond donors (Lipinski definition) is 3. The van der Waals surface area contributed by atoms with Crippen LogP contribution in [0, 0.1) is 0 Å². The van der Waals surface area contributed by atoms with Crippen molar-refractivity contribution >= 4 is 35.6 Å². The number of amides is 2. The van der Waals surface area contributed by atoms with Crippen molar-refractivity contribution in [2.75, 3.05) is 11.9 Å². The Kier molecular flexibility index (Phi) is 11.1. The number of aromatic nitrogens is 2. The lowest BCUT2D eigenvalue weighted by Crippen LogP contribution is -2.63. The molecule has 2 aromatic rings. The first kappa shape index (κ1) is 32.8. The maximum Gasteiger partial charge on any atom is 0.316 e. The van der Waals surface area contributed by atoms with Gasteiger partial charge in [0, 0.05) is 51.1 Å². The van der Waals surface area contributed by atoms with Gasteiger partial charge < -0.3 is 39.5 Å². The predicted octanol–water partition coefficient (Wildman–Crippen LogP) is 2.08. The summed E-state index contributed by atoms with van der Waals surface area (Å²) >= 11 is 0. The smallest absolute Gasteiger partial charge is 0.316 e. The standard InChI is InChI=1S/C28H36N4O11/c1-13(2)22-20(11-18-7-9-19(10-8-18)30-28(29)37)26(32-31-22)43-27-25(41-17(6)36)24(40-16(5)35)23(39-15(4)34)21(42-27)12-38-14(3)33/h7-10,13,21,23-25,27H,11-12H2,1-6H3,(H,31,32)(H3,29,30,37)/t21-,23-,24+,25-,27+/m1/s1. The van der Waals surface area contributed by atoms with Gasteiger partial charge in [-0.1, -0.05) is 26.0 Å². The highest BCUT2D eigenvalue weighted by Gasteiger charge is 2.53. The SMILES string of the molecule is CC(=O)OC[C@H]1O[C@@H](Oc2n[nH]c(C(C)C)c2Cc2ccc(NC(N)=O)cc2)[C@H](OC(C)=O)[C@@H](OC(C)=O)[C@@H]1OC(C)=O. The van der Waals surface area contributed by atoms with Gasteiger partial charge in [-0.15, -0.1) is 5.10 Å². The summed E-state index contributed by atoms with van der Waals surface area (Å²) in [6.07, 6.45) is -6.40. The highest BCUT2D eigenvalue weighted by Crippen LogP contribution is 2.34. The maximum atomic E-state index is 12.2. The third kappa shape index (κ3) is 9.16. The van der Waals surface area contributed by atoms with Gasteiger partial charge in [0.2, 0.25) is 18.3 Å². The maximum absolute atomic E-state index is 12.2. The highest BCUT2D eigenvalue weighted by atomic mass is 16.7. The number of carbonyl (C=O) groups excluding carboxylic acids is 5. The van der Waals surface area contributed by atoms with Crippen LogP contribution in [0.15, 0.2) is 24.3 Å². The lowest BCUT2D eigenvalue weighted by atomic mass is 9.97. The molecule has 2 heterocycles. The number of urea groups is 1. The molecule has 234 valence electrons. The number of ether oxygens (including phenoxy) is 6. The van der Waals surface area contributed by atoms with E-state index in [9.17, 15) is 24.0 Å². The number of esters is 4. The number of primary amides is 1. The Morgan fingerprint density at radius 1 is 0.907 bits per heavy atom. The molecule has 15 nitrogen and oxygen atoms in total. The minimum Gasteiger partial charge on any atom is -0.463 e. The largest absolute Gasteiger partial charge is 0.463 e. The average molecular weight is 605 g/mol. The lowest BCUT2D eigenvalue weighted by molar-refractivity contribution is -0.289. The normalized spacial score (nSPS) is 21.4. The number of carbonyl (C=O) groups is 5. The van der Waals surface area contributed by atoms with Crippen LogP contribution in [-0.2, 0) is 49.3 Å². The molecule has 0 radical (unpaired) electrons. The molecule has 1 saturated heterocycles. The van der Waals surface area contributed by atoms with Crippen molar-refractivity contribution in [1.29, 1.82) is 0 Å². The van der Waals surface area contributed by atoms with E-state index in [1.54, 1.807) is 24.3 Å². The summed E-state index contributed by atoms with van der Waals surface area (Å²) in [7, 11) is 0. The van der Waals surface area contributed by atoms with Gasteiger partial charge in [-0.3, -0.25) is 24.3 Å². The molecule has 4 N–H and O–H groups in total. The number of rotatable bonds is 11. The molecule has 3 rings (SSSR count). The van der Waals surface area contributed by atoms with Gasteiger partial charge in [-0.25, -0.2) is 4.79 Å². The van der Waals surface area contributed by atoms with Crippen molar-refractivity contribution in [3.63, 3.8) is 0 Å². The van der Waals surface area contributed by atoms with Crippen molar-refractivity contribution < 1.29 is 52.4 Å². The number of H-pyrrole nitrogens is 1. The summed E-state index contributed by atoms with van der Waals surface area (Å²) in [6, 6.07) is 6.27. The number of nitrogens with one attached hydrogen (secondary N) is 2. The number of nitrogens with zero attached hydrogens (tertiary/aromatic N) is 1. The summed E-state index contributed by atoms with van der Waals surface area (Å²) in [5, 5.41) is 9.80. The van der Waals surface area contributed by atoms with E-state index in [0.717, 1.165) is 32.0 Å². The van der Waals surface area contributed by atoms with Crippen LogP contribution >= 0.6 is 0 Å². The Hall–Kier alpha value is -4.66. The summed E-state index contributed by atoms with van der Waals surface area (Å²) in [4.78, 5) is 59.0. The molecule has 0 spiro atoms. The average Bonchev–Trinajstić information content (AvgIpc) is 3.28. The number of benzene rings is 1. The molecular formula is C28H36N4O11. The van der Waals surface area contributed by atoms with E-state index in [4.69, 9.17) is 34.2 Å². The number of hydrogen-bond acceptors (Lipinski definition) is 12. The Balaban J connectivity index is 2.02. The van der Waals surface area contributed by atoms with Crippen molar-refractivity contribution in [3.8, 4) is 5.88 Å². The van der Waals surface area contributed by atoms with Crippen LogP contribution < -0.4 is 15.8 Å². The molecule has 1 fully saturated rings. The first-order chi connectivity index (χ1) is 20.2. The van der Waals surface area contributed by atoms with Crippen LogP contribution in [0.25, 0.3) is 0 Å². The second-order valence-electron chi connectivity index (χ2n) is 10.1. The summed E-state index contributed by atoms with van der Waals surface area (Å²) < 4.78 is 33.7. The number of anilines is 1. The van der Waals surface area contributed by atoms with Gasteiger partial charge >= 0.3 is 29.9 Å². The Labute approximate surface area is 247 Å². The molecule has 0 unspecified atom stereocenters. The molecule has 15 heteroatoms. The van der Waals surface area contributed by atoms with Gasteiger partial charge in [0.25, 0.3) is 0 Å². The van der Waals surface area contributed by atoms with Crippen LogP contribution in [0.1, 0.15) is 64.3 Å². The fourth-order valence-electron chi connectivity index (χ4n) is 4.55. The second kappa shape index (κ2) is 14.5. The number of aromatic amines is 1. The molecule has 43 heavy (non-hydrogen) atoms. The predicted molar refractivity (Wildman–Crippen MR) is 148 cm³/mol. The third-order valence-electron chi connectivity index (χ3n) is 6.22. The van der Waals surface area contributed by atoms with Gasteiger partial charge in [0.1, 0.15) is 12.7 Å². The summed E-state index contributed by atoms with van der Waals surface area (Å²) in [5.41, 5.74) is 7.94. The van der Waals surface area contributed by atoms with Gasteiger partial charge in [0.15, 0.2) is 12.2 Å². The van der Waals surface area contributed by atoms with E-state index in [0.29, 0.717) is 17.7 Å². The zero-order valence-corrected chi connectivity index (χ0v) is 24.7. The van der Waals surface area contributed by atoms with E-state index >= 15 is 0 Å². The van der Waals surface area contributed by atoms with E-state index in [1.165, 1.54) is 6.92 Å². The molecule has 0 saturated carbocycles. The second-order valence-corrected chi connectivity index (χ2v) is 10.1. The zero-order chi connectivity index (χ0) is 31.8. The topological polar surface area (TPSA) is 207 Å². The molecule has 0 aliphatic carbocycles. The van der Waals surface area contributed by atoms with Crippen LogP contribution in [0.3, 0.4) is 0 Å². The summed E-state index contributed by atoms with van der Waals surface area (Å²) in [5.74, 6) is -2.80. The Morgan fingerprint density at radius 3 is 2.02 bits per heavy atom. The van der Waals surface area contributed by atoms with Crippen LogP contribution in [-0.4, -0.2) is 77.4 Å². The van der Waals surface area contributed by atoms with Crippen LogP contribution in [0.5, 0.6) is 5.88 Å². The molecule has 1 aromatic carbocycles. The van der Waals surface area contributed by atoms with E-state index < -0.39 is 67.2 Å². The molecule has 1 aliphatic rings. The Bertz CT molecular complexity index is 1320. The molecule has 1 aliphatic heterocycles. The minimum absolute atomic E-state index is 0.00829. The van der Waals surface area contributed by atoms with Gasteiger partial charge in [0.05, 0.1) is 0 Å². The quantitative estimate of drug-likeness (QED) is 0.249. The van der Waals surface area contributed by atoms with Gasteiger partial charge in [-0.05, 0) is 23.6 Å². The number of nitrogens with two attached hydrogens (primary N) is 1. The zero-order valence-electron chi connectivity index (χ0n) is 24.7. The van der Waals surface area contributed by atoms with Gasteiger partial charge in [-0.2, -0.15) is 0 Å². The fourth-order valence-corrected chi connectivity index (χ4v) is 4.55. The van der Waals surface area contributed by atoms with Crippen molar-refractivity contribution in [2.45, 2.75) is 84.6 Å². The first-order valence-corrected chi connectivity index (χ1v) is 13.4. The molecule has 2 amide bonds. The van der Waals surface area contributed by atoms with Crippen LogP contribution in [0.4, 0.5) is 10.5 Å². The highest BCUT2D eigenvalue weighted by molar-refractivity contribution is 5.87. The van der Waals surface area contributed by atoms with Crippen molar-refractivity contribution in [2.24, 2.45) is 5.73 Å². The molecular weight excluding hydrogens is 568 g/mol. The molecule has 5 atom stereocenters. The minimum atomic E-state index is -1.44. The first-order valence-electron chi connectivity index (χ1n) is 13.4.